The Morgan fingerprint density at radius 2 is 1.73 bits per heavy atom. The molecular weight excluding hydrogens is 212 g/mol. The molecule has 1 rings (SSSR count). The van der Waals surface area contributed by atoms with Crippen molar-refractivity contribution in [2.24, 2.45) is 0 Å². The molecule has 0 radical (unpaired) electrons. The van der Waals surface area contributed by atoms with Gasteiger partial charge in [0.2, 0.25) is 0 Å². The van der Waals surface area contributed by atoms with E-state index in [1.807, 2.05) is 42.5 Å². The van der Waals surface area contributed by atoms with Crippen molar-refractivity contribution >= 4 is 10.1 Å². The summed E-state index contributed by atoms with van der Waals surface area (Å²) in [6.07, 6.45) is 14.5. The molecule has 1 aliphatic rings. The number of rotatable bonds is 4. The van der Waals surface area contributed by atoms with Crippen LogP contribution in [0.5, 0.6) is 0 Å². The Hall–Kier alpha value is -1.13. The van der Waals surface area contributed by atoms with Crippen LogP contribution in [0.25, 0.3) is 0 Å². The Labute approximate surface area is 90.3 Å². The zero-order chi connectivity index (χ0) is 11.1. The second-order valence-corrected chi connectivity index (χ2v) is 4.83. The van der Waals surface area contributed by atoms with E-state index in [1.165, 1.54) is 0 Å². The molecule has 0 fully saturated rings. The minimum atomic E-state index is -3.82. The maximum atomic E-state index is 10.5. The van der Waals surface area contributed by atoms with Crippen LogP contribution in [0, 0.1) is 0 Å². The van der Waals surface area contributed by atoms with Crippen molar-refractivity contribution in [1.82, 2.24) is 0 Å². The van der Waals surface area contributed by atoms with Gasteiger partial charge in [0.05, 0.1) is 5.75 Å². The molecule has 15 heavy (non-hydrogen) atoms. The standard InChI is InChI=1S/C11H14O3S/c12-15(13,14)10-6-9-11-7-4-2-1-3-5-8-11/h1-5,7-8H,6,9-10H2,(H,12,13,14)/b2-1-,3-1?,4-2?,5-3-,7-4?,8-5?,11-7?,11-8?. The summed E-state index contributed by atoms with van der Waals surface area (Å²) in [7, 11) is -3.82. The highest BCUT2D eigenvalue weighted by Gasteiger charge is 2.03. The van der Waals surface area contributed by atoms with Crippen molar-refractivity contribution in [2.75, 3.05) is 5.75 Å². The van der Waals surface area contributed by atoms with Crippen molar-refractivity contribution in [3.05, 3.63) is 48.1 Å². The number of hydrogen-bond donors (Lipinski definition) is 1. The van der Waals surface area contributed by atoms with Crippen molar-refractivity contribution in [3.8, 4) is 0 Å². The van der Waals surface area contributed by atoms with E-state index in [9.17, 15) is 8.42 Å². The van der Waals surface area contributed by atoms with Crippen molar-refractivity contribution in [3.63, 3.8) is 0 Å². The molecule has 0 unspecified atom stereocenters. The average Bonchev–Trinajstić information content (AvgIpc) is 2.06. The molecule has 0 amide bonds. The van der Waals surface area contributed by atoms with Gasteiger partial charge in [0.15, 0.2) is 0 Å². The summed E-state index contributed by atoms with van der Waals surface area (Å²) in [6.45, 7) is 0. The zero-order valence-corrected chi connectivity index (χ0v) is 9.15. The van der Waals surface area contributed by atoms with Crippen LogP contribution in [0.3, 0.4) is 0 Å². The molecule has 0 heterocycles. The summed E-state index contributed by atoms with van der Waals surface area (Å²) in [5.41, 5.74) is 1.05. The van der Waals surface area contributed by atoms with E-state index in [2.05, 4.69) is 0 Å². The molecule has 1 N–H and O–H groups in total. The van der Waals surface area contributed by atoms with Gasteiger partial charge in [-0.05, 0) is 18.4 Å². The zero-order valence-electron chi connectivity index (χ0n) is 8.33. The third kappa shape index (κ3) is 6.04. The van der Waals surface area contributed by atoms with Crippen LogP contribution < -0.4 is 0 Å². The highest BCUT2D eigenvalue weighted by Crippen LogP contribution is 2.09. The molecular formula is C11H14O3S. The van der Waals surface area contributed by atoms with Gasteiger partial charge in [-0.2, -0.15) is 8.42 Å². The predicted octanol–water partition coefficient (Wildman–Crippen LogP) is 2.26. The van der Waals surface area contributed by atoms with E-state index in [0.29, 0.717) is 12.8 Å². The van der Waals surface area contributed by atoms with E-state index >= 15 is 0 Å². The maximum Gasteiger partial charge on any atom is 0.264 e. The molecule has 4 heteroatoms. The lowest BCUT2D eigenvalue weighted by molar-refractivity contribution is 0.481. The fourth-order valence-corrected chi connectivity index (χ4v) is 1.74. The first-order valence-corrected chi connectivity index (χ1v) is 6.34. The van der Waals surface area contributed by atoms with Crippen molar-refractivity contribution in [2.45, 2.75) is 12.8 Å². The molecule has 0 aliphatic heterocycles. The molecule has 0 saturated carbocycles. The molecule has 1 aliphatic carbocycles. The summed E-state index contributed by atoms with van der Waals surface area (Å²) >= 11 is 0. The third-order valence-corrected chi connectivity index (χ3v) is 2.74. The second kappa shape index (κ2) is 5.68. The maximum absolute atomic E-state index is 10.5. The normalized spacial score (nSPS) is 20.2. The lowest BCUT2D eigenvalue weighted by atomic mass is 10.1. The Bertz CT molecular complexity index is 411. The minimum absolute atomic E-state index is 0.183. The first kappa shape index (κ1) is 11.9. The smallest absolute Gasteiger partial charge is 0.264 e. The lowest BCUT2D eigenvalue weighted by Gasteiger charge is -2.00. The van der Waals surface area contributed by atoms with E-state index < -0.39 is 10.1 Å². The summed E-state index contributed by atoms with van der Waals surface area (Å²) in [6, 6.07) is 0. The van der Waals surface area contributed by atoms with Gasteiger partial charge in [-0.3, -0.25) is 4.55 Å². The highest BCUT2D eigenvalue weighted by atomic mass is 32.2. The third-order valence-electron chi connectivity index (χ3n) is 1.93. The molecule has 3 nitrogen and oxygen atoms in total. The van der Waals surface area contributed by atoms with Gasteiger partial charge in [-0.25, -0.2) is 0 Å². The van der Waals surface area contributed by atoms with E-state index in [0.717, 1.165) is 5.57 Å². The molecule has 0 saturated heterocycles. The fourth-order valence-electron chi connectivity index (χ4n) is 1.23. The van der Waals surface area contributed by atoms with Crippen molar-refractivity contribution in [1.29, 1.82) is 0 Å². The SMILES string of the molecule is O=S(=O)(O)CCCC1=C/C=C\C=C/C=C1. The molecule has 0 aromatic carbocycles. The van der Waals surface area contributed by atoms with Crippen LogP contribution >= 0.6 is 0 Å². The second-order valence-electron chi connectivity index (χ2n) is 3.26. The largest absolute Gasteiger partial charge is 0.286 e. The van der Waals surface area contributed by atoms with Gasteiger partial charge in [0.1, 0.15) is 0 Å². The lowest BCUT2D eigenvalue weighted by Crippen LogP contribution is -2.03. The molecule has 0 bridgehead atoms. The van der Waals surface area contributed by atoms with Crippen molar-refractivity contribution < 1.29 is 13.0 Å². The monoisotopic (exact) mass is 226 g/mol. The van der Waals surface area contributed by atoms with Crippen LogP contribution in [-0.2, 0) is 10.1 Å². The highest BCUT2D eigenvalue weighted by molar-refractivity contribution is 7.85. The van der Waals surface area contributed by atoms with Gasteiger partial charge >= 0.3 is 0 Å². The molecule has 0 spiro atoms. The topological polar surface area (TPSA) is 54.4 Å². The van der Waals surface area contributed by atoms with E-state index in [4.69, 9.17) is 4.55 Å². The van der Waals surface area contributed by atoms with Gasteiger partial charge in [0, 0.05) is 0 Å². The van der Waals surface area contributed by atoms with Gasteiger partial charge in [-0.15, -0.1) is 0 Å². The molecule has 0 aromatic heterocycles. The minimum Gasteiger partial charge on any atom is -0.286 e. The van der Waals surface area contributed by atoms with Crippen LogP contribution in [0.2, 0.25) is 0 Å². The molecule has 0 aromatic rings. The van der Waals surface area contributed by atoms with E-state index in [-0.39, 0.29) is 5.75 Å². The summed E-state index contributed by atoms with van der Waals surface area (Å²) in [5, 5.41) is 0. The van der Waals surface area contributed by atoms with Crippen LogP contribution in [0.15, 0.2) is 48.1 Å². The predicted molar refractivity (Wildman–Crippen MR) is 61.2 cm³/mol. The van der Waals surface area contributed by atoms with Crippen LogP contribution in [-0.4, -0.2) is 18.7 Å². The number of hydrogen-bond acceptors (Lipinski definition) is 2. The molecule has 0 atom stereocenters. The van der Waals surface area contributed by atoms with Gasteiger partial charge in [-0.1, -0.05) is 42.5 Å². The average molecular weight is 226 g/mol. The van der Waals surface area contributed by atoms with Crippen LogP contribution in [0.4, 0.5) is 0 Å². The quantitative estimate of drug-likeness (QED) is 0.748. The van der Waals surface area contributed by atoms with Gasteiger partial charge < -0.3 is 0 Å². The first-order valence-electron chi connectivity index (χ1n) is 4.74. The fraction of sp³-hybridized carbons (Fsp3) is 0.273. The summed E-state index contributed by atoms with van der Waals surface area (Å²) in [4.78, 5) is 0. The van der Waals surface area contributed by atoms with E-state index in [1.54, 1.807) is 0 Å². The Morgan fingerprint density at radius 3 is 2.47 bits per heavy atom. The Kier molecular flexibility index (Phi) is 4.52. The summed E-state index contributed by atoms with van der Waals surface area (Å²) < 4.78 is 29.5. The Balaban J connectivity index is 2.45. The molecule has 82 valence electrons. The number of allylic oxidation sites excluding steroid dienone is 8. The van der Waals surface area contributed by atoms with Gasteiger partial charge in [0.25, 0.3) is 10.1 Å². The van der Waals surface area contributed by atoms with Crippen LogP contribution in [0.1, 0.15) is 12.8 Å². The summed E-state index contributed by atoms with van der Waals surface area (Å²) in [5.74, 6) is -0.183. The first-order chi connectivity index (χ1) is 7.08. The Morgan fingerprint density at radius 1 is 1.07 bits per heavy atom.